The Kier molecular flexibility index (Phi) is 6.68. The average Bonchev–Trinajstić information content (AvgIpc) is 2.80. The number of carbonyl (C=O) groups excluding carboxylic acids is 1. The third-order valence-electron chi connectivity index (χ3n) is 6.11. The number of hydrogen-bond acceptors (Lipinski definition) is 4. The number of rotatable bonds is 6. The molecule has 0 aliphatic carbocycles. The average molecular weight is 439 g/mol. The van der Waals surface area contributed by atoms with Crippen molar-refractivity contribution >= 4 is 28.3 Å². The summed E-state index contributed by atoms with van der Waals surface area (Å²) in [4.78, 5) is 29.2. The number of likely N-dealkylation sites (tertiary alicyclic amines) is 1. The molecule has 0 radical (unpaired) electrons. The van der Waals surface area contributed by atoms with Gasteiger partial charge >= 0.3 is 0 Å². The first-order valence-electron chi connectivity index (χ1n) is 10.7. The van der Waals surface area contributed by atoms with E-state index in [0.29, 0.717) is 28.9 Å². The number of piperidine rings is 1. The Bertz CT molecular complexity index is 1100. The Morgan fingerprint density at radius 2 is 1.81 bits per heavy atom. The fourth-order valence-electron chi connectivity index (χ4n) is 4.26. The summed E-state index contributed by atoms with van der Waals surface area (Å²) in [7, 11) is 1.82. The van der Waals surface area contributed by atoms with Gasteiger partial charge in [-0.3, -0.25) is 9.59 Å². The normalized spacial score (nSPS) is 15.3. The number of nitrogens with one attached hydrogen (secondary N) is 1. The number of halogens is 1. The maximum absolute atomic E-state index is 13.0. The van der Waals surface area contributed by atoms with E-state index in [1.807, 2.05) is 25.2 Å². The van der Waals surface area contributed by atoms with E-state index in [-0.39, 0.29) is 11.5 Å². The lowest BCUT2D eigenvalue weighted by molar-refractivity contribution is 0.0735. The van der Waals surface area contributed by atoms with Gasteiger partial charge in [-0.25, -0.2) is 5.10 Å². The van der Waals surface area contributed by atoms with Crippen molar-refractivity contribution in [1.29, 1.82) is 0 Å². The van der Waals surface area contributed by atoms with Crippen LogP contribution in [0.1, 0.15) is 28.9 Å². The molecule has 3 aromatic rings. The van der Waals surface area contributed by atoms with Crippen LogP contribution in [0.25, 0.3) is 10.8 Å². The van der Waals surface area contributed by atoms with Crippen molar-refractivity contribution in [2.45, 2.75) is 19.3 Å². The first kappa shape index (κ1) is 21.5. The molecule has 1 N–H and O–H groups in total. The topological polar surface area (TPSA) is 69.3 Å². The van der Waals surface area contributed by atoms with Gasteiger partial charge in [-0.15, -0.1) is 0 Å². The second kappa shape index (κ2) is 9.62. The molecule has 1 fully saturated rings. The van der Waals surface area contributed by atoms with E-state index in [1.54, 1.807) is 23.1 Å². The van der Waals surface area contributed by atoms with Gasteiger partial charge in [-0.1, -0.05) is 41.9 Å². The lowest BCUT2D eigenvalue weighted by atomic mass is 9.95. The summed E-state index contributed by atoms with van der Waals surface area (Å²) < 4.78 is 0. The Balaban J connectivity index is 1.30. The Labute approximate surface area is 186 Å². The minimum absolute atomic E-state index is 0.155. The van der Waals surface area contributed by atoms with Crippen LogP contribution in [0.15, 0.2) is 53.3 Å². The summed E-state index contributed by atoms with van der Waals surface area (Å²) in [6.45, 7) is 3.82. The van der Waals surface area contributed by atoms with Crippen molar-refractivity contribution in [3.8, 4) is 0 Å². The molecule has 1 aliphatic rings. The van der Waals surface area contributed by atoms with Gasteiger partial charge in [0.05, 0.1) is 5.39 Å². The second-order valence-corrected chi connectivity index (χ2v) is 8.73. The molecule has 2 heterocycles. The van der Waals surface area contributed by atoms with Gasteiger partial charge in [0, 0.05) is 30.5 Å². The third-order valence-corrected chi connectivity index (χ3v) is 6.37. The molecule has 31 heavy (non-hydrogen) atoms. The monoisotopic (exact) mass is 438 g/mol. The maximum atomic E-state index is 13.0. The van der Waals surface area contributed by atoms with Gasteiger partial charge in [-0.2, -0.15) is 5.10 Å². The van der Waals surface area contributed by atoms with E-state index in [0.717, 1.165) is 43.9 Å². The number of carbonyl (C=O) groups is 1. The number of aromatic nitrogens is 2. The van der Waals surface area contributed by atoms with E-state index in [2.05, 4.69) is 27.2 Å². The molecule has 4 rings (SSSR count). The largest absolute Gasteiger partial charge is 0.340 e. The van der Waals surface area contributed by atoms with Crippen molar-refractivity contribution in [1.82, 2.24) is 20.0 Å². The van der Waals surface area contributed by atoms with Crippen LogP contribution in [0.5, 0.6) is 0 Å². The molecular formula is C24H27ClN4O2. The van der Waals surface area contributed by atoms with Crippen LogP contribution < -0.4 is 5.56 Å². The zero-order valence-electron chi connectivity index (χ0n) is 17.7. The highest BCUT2D eigenvalue weighted by molar-refractivity contribution is 6.30. The maximum Gasteiger partial charge on any atom is 0.274 e. The van der Waals surface area contributed by atoms with Crippen molar-refractivity contribution in [3.63, 3.8) is 0 Å². The summed E-state index contributed by atoms with van der Waals surface area (Å²) in [5, 5.41) is 8.36. The second-order valence-electron chi connectivity index (χ2n) is 8.29. The number of fused-ring (bicyclic) bond motifs is 1. The van der Waals surface area contributed by atoms with Gasteiger partial charge in [0.2, 0.25) is 0 Å². The van der Waals surface area contributed by atoms with E-state index in [9.17, 15) is 9.59 Å². The van der Waals surface area contributed by atoms with E-state index in [4.69, 9.17) is 11.6 Å². The lowest BCUT2D eigenvalue weighted by Crippen LogP contribution is -2.40. The molecule has 0 atom stereocenters. The van der Waals surface area contributed by atoms with Crippen LogP contribution in [0.2, 0.25) is 5.02 Å². The van der Waals surface area contributed by atoms with Crippen molar-refractivity contribution in [2.24, 2.45) is 5.92 Å². The van der Waals surface area contributed by atoms with E-state index in [1.165, 1.54) is 5.56 Å². The first-order chi connectivity index (χ1) is 15.0. The van der Waals surface area contributed by atoms with Crippen LogP contribution in [0.3, 0.4) is 0 Å². The molecule has 1 amide bonds. The summed E-state index contributed by atoms with van der Waals surface area (Å²) in [6.07, 6.45) is 3.15. The fraction of sp³-hybridized carbons (Fsp3) is 0.375. The van der Waals surface area contributed by atoms with Crippen LogP contribution in [-0.4, -0.2) is 59.1 Å². The lowest BCUT2D eigenvalue weighted by Gasteiger charge is -2.33. The Hall–Kier alpha value is -2.70. The zero-order valence-corrected chi connectivity index (χ0v) is 18.4. The zero-order chi connectivity index (χ0) is 21.8. The highest BCUT2D eigenvalue weighted by Crippen LogP contribution is 2.20. The standard InChI is InChI=1S/C24H27ClN4O2/c1-28(24(31)22-20-4-2-3-5-21(20)23(30)27-26-22)16-18-11-14-29(15-12-18)13-10-17-6-8-19(25)9-7-17/h2-9,18H,10-16H2,1H3,(H,27,30). The molecule has 1 aliphatic heterocycles. The van der Waals surface area contributed by atoms with Crippen molar-refractivity contribution < 1.29 is 4.79 Å². The van der Waals surface area contributed by atoms with Gasteiger partial charge in [0.1, 0.15) is 0 Å². The molecule has 0 saturated carbocycles. The van der Waals surface area contributed by atoms with Gasteiger partial charge in [0.15, 0.2) is 5.69 Å². The van der Waals surface area contributed by atoms with Crippen LogP contribution >= 0.6 is 11.6 Å². The van der Waals surface area contributed by atoms with Crippen molar-refractivity contribution in [3.05, 3.63) is 75.2 Å². The summed E-state index contributed by atoms with van der Waals surface area (Å²) in [5.74, 6) is 0.312. The van der Waals surface area contributed by atoms with Crippen LogP contribution in [0, 0.1) is 5.92 Å². The van der Waals surface area contributed by atoms with E-state index < -0.39 is 0 Å². The SMILES string of the molecule is CN(CC1CCN(CCc2ccc(Cl)cc2)CC1)C(=O)c1n[nH]c(=O)c2ccccc12. The summed E-state index contributed by atoms with van der Waals surface area (Å²) in [6, 6.07) is 15.2. The molecule has 0 unspecified atom stereocenters. The van der Waals surface area contributed by atoms with Gasteiger partial charge < -0.3 is 9.80 Å². The molecule has 7 heteroatoms. The third kappa shape index (κ3) is 5.14. The molecule has 1 saturated heterocycles. The number of H-pyrrole nitrogens is 1. The quantitative estimate of drug-likeness (QED) is 0.638. The summed E-state index contributed by atoms with van der Waals surface area (Å²) in [5.41, 5.74) is 1.33. The predicted octanol–water partition coefficient (Wildman–Crippen LogP) is 3.60. The fourth-order valence-corrected chi connectivity index (χ4v) is 4.39. The minimum Gasteiger partial charge on any atom is -0.340 e. The first-order valence-corrected chi connectivity index (χ1v) is 11.1. The molecule has 162 valence electrons. The summed E-state index contributed by atoms with van der Waals surface area (Å²) >= 11 is 5.96. The molecular weight excluding hydrogens is 412 g/mol. The Morgan fingerprint density at radius 1 is 1.13 bits per heavy atom. The van der Waals surface area contributed by atoms with Gasteiger partial charge in [0.25, 0.3) is 11.5 Å². The van der Waals surface area contributed by atoms with E-state index >= 15 is 0 Å². The predicted molar refractivity (Wildman–Crippen MR) is 124 cm³/mol. The molecule has 0 spiro atoms. The van der Waals surface area contributed by atoms with Crippen LogP contribution in [-0.2, 0) is 6.42 Å². The number of benzene rings is 2. The highest BCUT2D eigenvalue weighted by atomic mass is 35.5. The Morgan fingerprint density at radius 3 is 2.52 bits per heavy atom. The molecule has 0 bridgehead atoms. The highest BCUT2D eigenvalue weighted by Gasteiger charge is 2.24. The molecule has 6 nitrogen and oxygen atoms in total. The molecule has 1 aromatic heterocycles. The van der Waals surface area contributed by atoms with Crippen LogP contribution in [0.4, 0.5) is 0 Å². The smallest absolute Gasteiger partial charge is 0.274 e. The number of nitrogens with zero attached hydrogens (tertiary/aromatic N) is 3. The molecule has 2 aromatic carbocycles. The number of amides is 1. The number of hydrogen-bond donors (Lipinski definition) is 1. The number of aromatic amines is 1. The van der Waals surface area contributed by atoms with Crippen molar-refractivity contribution in [2.75, 3.05) is 33.2 Å². The van der Waals surface area contributed by atoms with Gasteiger partial charge in [-0.05, 0) is 62.0 Å². The minimum atomic E-state index is -0.277.